The molecule has 1 saturated heterocycles. The van der Waals surface area contributed by atoms with Crippen molar-refractivity contribution in [3.8, 4) is 0 Å². The van der Waals surface area contributed by atoms with Crippen LogP contribution >= 0.6 is 11.3 Å². The van der Waals surface area contributed by atoms with Gasteiger partial charge < -0.3 is 9.64 Å². The highest BCUT2D eigenvalue weighted by molar-refractivity contribution is 7.16. The molecule has 3 heterocycles. The maximum absolute atomic E-state index is 13.5. The first kappa shape index (κ1) is 20.8. The smallest absolute Gasteiger partial charge is 0.377 e. The SMILES string of the molecule is COCc1nn2c(C(F)(F)F)c(CN3CN(CCC(F)(F)F)CC3=O)nc2s1. The van der Waals surface area contributed by atoms with Crippen molar-refractivity contribution in [2.45, 2.75) is 31.9 Å². The lowest BCUT2D eigenvalue weighted by molar-refractivity contribution is -0.144. The molecule has 0 atom stereocenters. The topological polar surface area (TPSA) is 63.0 Å². The van der Waals surface area contributed by atoms with Gasteiger partial charge in [0.15, 0.2) is 5.69 Å². The Morgan fingerprint density at radius 1 is 1.21 bits per heavy atom. The highest BCUT2D eigenvalue weighted by Crippen LogP contribution is 2.35. The Kier molecular flexibility index (Phi) is 5.55. The number of aromatic nitrogens is 3. The van der Waals surface area contributed by atoms with Crippen molar-refractivity contribution in [3.05, 3.63) is 16.4 Å². The molecule has 1 amide bonds. The van der Waals surface area contributed by atoms with Gasteiger partial charge in [0.25, 0.3) is 0 Å². The van der Waals surface area contributed by atoms with Gasteiger partial charge in [-0.2, -0.15) is 36.0 Å². The van der Waals surface area contributed by atoms with Crippen LogP contribution in [-0.4, -0.2) is 63.3 Å². The third kappa shape index (κ3) is 4.55. The lowest BCUT2D eigenvalue weighted by Crippen LogP contribution is -2.30. The van der Waals surface area contributed by atoms with E-state index >= 15 is 0 Å². The number of nitrogens with zero attached hydrogens (tertiary/aromatic N) is 5. The van der Waals surface area contributed by atoms with Gasteiger partial charge in [-0.1, -0.05) is 11.3 Å². The van der Waals surface area contributed by atoms with Gasteiger partial charge in [0, 0.05) is 13.7 Å². The van der Waals surface area contributed by atoms with E-state index in [4.69, 9.17) is 4.74 Å². The summed E-state index contributed by atoms with van der Waals surface area (Å²) < 4.78 is 83.1. The Labute approximate surface area is 158 Å². The second-order valence-corrected chi connectivity index (χ2v) is 7.22. The molecule has 7 nitrogen and oxygen atoms in total. The number of alkyl halides is 6. The number of methoxy groups -OCH3 is 1. The predicted octanol–water partition coefficient (Wildman–Crippen LogP) is 2.51. The van der Waals surface area contributed by atoms with Gasteiger partial charge in [0.05, 0.1) is 38.5 Å². The van der Waals surface area contributed by atoms with Crippen LogP contribution in [0.4, 0.5) is 26.3 Å². The molecule has 14 heteroatoms. The average Bonchev–Trinajstić information content (AvgIpc) is 3.17. The first-order chi connectivity index (χ1) is 13.0. The van der Waals surface area contributed by atoms with Gasteiger partial charge in [0.2, 0.25) is 10.9 Å². The lowest BCUT2D eigenvalue weighted by atomic mass is 10.3. The Morgan fingerprint density at radius 2 is 1.93 bits per heavy atom. The second-order valence-electron chi connectivity index (χ2n) is 6.18. The standard InChI is InChI=1S/C14H15F6N5O2S/c1-27-6-9-22-25-11(14(18,19)20)8(21-12(25)28-9)4-24-7-23(5-10(24)26)3-2-13(15,16)17/h2-7H2,1H3. The molecule has 0 saturated carbocycles. The van der Waals surface area contributed by atoms with E-state index in [1.54, 1.807) is 0 Å². The van der Waals surface area contributed by atoms with Crippen LogP contribution in [0.2, 0.25) is 0 Å². The minimum atomic E-state index is -4.77. The van der Waals surface area contributed by atoms with Gasteiger partial charge in [-0.3, -0.25) is 9.69 Å². The number of imidazole rings is 1. The number of hydrogen-bond donors (Lipinski definition) is 0. The van der Waals surface area contributed by atoms with Crippen molar-refractivity contribution < 1.29 is 35.9 Å². The van der Waals surface area contributed by atoms with E-state index in [9.17, 15) is 31.1 Å². The predicted molar refractivity (Wildman–Crippen MR) is 84.2 cm³/mol. The normalized spacial score (nSPS) is 16.7. The molecule has 156 valence electrons. The Morgan fingerprint density at radius 3 is 2.54 bits per heavy atom. The largest absolute Gasteiger partial charge is 0.435 e. The van der Waals surface area contributed by atoms with E-state index in [0.717, 1.165) is 16.2 Å². The molecule has 1 aliphatic rings. The fourth-order valence-corrected chi connectivity index (χ4v) is 3.71. The zero-order valence-electron chi connectivity index (χ0n) is 14.5. The fourth-order valence-electron chi connectivity index (χ4n) is 2.82. The minimum absolute atomic E-state index is 0.00468. The summed E-state index contributed by atoms with van der Waals surface area (Å²) in [6.07, 6.45) is -10.3. The molecule has 2 aromatic rings. The van der Waals surface area contributed by atoms with Crippen molar-refractivity contribution in [2.24, 2.45) is 0 Å². The average molecular weight is 431 g/mol. The minimum Gasteiger partial charge on any atom is -0.377 e. The van der Waals surface area contributed by atoms with Crippen LogP contribution in [0.3, 0.4) is 0 Å². The van der Waals surface area contributed by atoms with E-state index in [1.807, 2.05) is 0 Å². The Hall–Kier alpha value is -1.93. The van der Waals surface area contributed by atoms with Gasteiger partial charge >= 0.3 is 12.4 Å². The lowest BCUT2D eigenvalue weighted by Gasteiger charge is -2.18. The number of rotatable bonds is 6. The molecule has 0 radical (unpaired) electrons. The van der Waals surface area contributed by atoms with E-state index in [1.165, 1.54) is 12.0 Å². The summed E-state index contributed by atoms with van der Waals surface area (Å²) in [5, 5.41) is 4.15. The number of fused-ring (bicyclic) bond motifs is 1. The third-order valence-corrected chi connectivity index (χ3v) is 4.87. The van der Waals surface area contributed by atoms with E-state index in [2.05, 4.69) is 10.1 Å². The van der Waals surface area contributed by atoms with Gasteiger partial charge in [-0.25, -0.2) is 4.98 Å². The van der Waals surface area contributed by atoms with Crippen molar-refractivity contribution in [2.75, 3.05) is 26.9 Å². The van der Waals surface area contributed by atoms with Crippen LogP contribution in [0.25, 0.3) is 4.96 Å². The van der Waals surface area contributed by atoms with Crippen LogP contribution in [0.1, 0.15) is 22.8 Å². The molecular weight excluding hydrogens is 416 g/mol. The van der Waals surface area contributed by atoms with Crippen molar-refractivity contribution >= 4 is 22.2 Å². The van der Waals surface area contributed by atoms with Crippen molar-refractivity contribution in [3.63, 3.8) is 0 Å². The molecule has 1 aliphatic heterocycles. The van der Waals surface area contributed by atoms with Crippen LogP contribution < -0.4 is 0 Å². The maximum Gasteiger partial charge on any atom is 0.435 e. The molecule has 2 aromatic heterocycles. The monoisotopic (exact) mass is 431 g/mol. The quantitative estimate of drug-likeness (QED) is 0.658. The molecule has 1 fully saturated rings. The second kappa shape index (κ2) is 7.48. The molecule has 0 unspecified atom stereocenters. The van der Waals surface area contributed by atoms with Gasteiger partial charge in [-0.05, 0) is 0 Å². The molecule has 0 bridgehead atoms. The van der Waals surface area contributed by atoms with Crippen LogP contribution in [0.5, 0.6) is 0 Å². The number of ether oxygens (including phenoxy) is 1. The molecular formula is C14H15F6N5O2S. The zero-order valence-corrected chi connectivity index (χ0v) is 15.3. The first-order valence-electron chi connectivity index (χ1n) is 7.98. The summed E-state index contributed by atoms with van der Waals surface area (Å²) in [4.78, 5) is 18.2. The third-order valence-electron chi connectivity index (χ3n) is 3.99. The van der Waals surface area contributed by atoms with E-state index in [0.29, 0.717) is 9.52 Å². The van der Waals surface area contributed by atoms with Gasteiger partial charge in [-0.15, -0.1) is 0 Å². The summed E-state index contributed by atoms with van der Waals surface area (Å²) in [7, 11) is 1.38. The summed E-state index contributed by atoms with van der Waals surface area (Å²) in [5.41, 5.74) is -1.51. The summed E-state index contributed by atoms with van der Waals surface area (Å²) in [5.74, 6) is -0.556. The molecule has 0 aliphatic carbocycles. The Balaban J connectivity index is 1.80. The van der Waals surface area contributed by atoms with Crippen LogP contribution in [0.15, 0.2) is 0 Å². The number of amides is 1. The first-order valence-corrected chi connectivity index (χ1v) is 8.80. The highest BCUT2D eigenvalue weighted by atomic mass is 32.1. The molecule has 0 spiro atoms. The molecule has 3 rings (SSSR count). The Bertz CT molecular complexity index is 861. The summed E-state index contributed by atoms with van der Waals surface area (Å²) >= 11 is 0.920. The summed E-state index contributed by atoms with van der Waals surface area (Å²) in [6, 6.07) is 0. The number of halogens is 6. The number of carbonyl (C=O) groups excluding carboxylic acids is 1. The fraction of sp³-hybridized carbons (Fsp3) is 0.643. The maximum atomic E-state index is 13.5. The van der Waals surface area contributed by atoms with Crippen LogP contribution in [-0.2, 0) is 28.9 Å². The van der Waals surface area contributed by atoms with Crippen LogP contribution in [0, 0.1) is 0 Å². The van der Waals surface area contributed by atoms with Crippen molar-refractivity contribution in [1.29, 1.82) is 0 Å². The summed E-state index contributed by atoms with van der Waals surface area (Å²) in [6.45, 7) is -1.32. The molecule has 0 aromatic carbocycles. The van der Waals surface area contributed by atoms with E-state index in [-0.39, 0.29) is 24.8 Å². The molecule has 0 N–H and O–H groups in total. The number of carbonyl (C=O) groups is 1. The number of hydrogen-bond acceptors (Lipinski definition) is 6. The van der Waals surface area contributed by atoms with Crippen molar-refractivity contribution in [1.82, 2.24) is 24.4 Å². The highest BCUT2D eigenvalue weighted by Gasteiger charge is 2.41. The molecule has 28 heavy (non-hydrogen) atoms. The zero-order chi connectivity index (χ0) is 20.7. The van der Waals surface area contributed by atoms with E-state index < -0.39 is 49.2 Å². The van der Waals surface area contributed by atoms with Gasteiger partial charge in [0.1, 0.15) is 5.01 Å².